The quantitative estimate of drug-likeness (QED) is 0.710. The number of anilines is 1. The van der Waals surface area contributed by atoms with Crippen LogP contribution in [0.15, 0.2) is 18.3 Å². The Morgan fingerprint density at radius 2 is 2.00 bits per heavy atom. The van der Waals surface area contributed by atoms with Crippen LogP contribution < -0.4 is 4.90 Å². The van der Waals surface area contributed by atoms with Gasteiger partial charge in [0.1, 0.15) is 0 Å². The molecular weight excluding hydrogens is 246 g/mol. The first-order chi connectivity index (χ1) is 8.52. The maximum atomic E-state index is 5.85. The van der Waals surface area contributed by atoms with Crippen LogP contribution in [0.2, 0.25) is 0 Å². The number of alkyl halides is 1. The summed E-state index contributed by atoms with van der Waals surface area (Å²) in [4.78, 5) is 8.86. The zero-order valence-corrected chi connectivity index (χ0v) is 12.6. The summed E-state index contributed by atoms with van der Waals surface area (Å²) in [5.41, 5.74) is 2.16. The Morgan fingerprint density at radius 1 is 1.28 bits per heavy atom. The molecule has 0 aromatic carbocycles. The number of rotatable bonds is 7. The number of likely N-dealkylation sites (N-methyl/N-ethyl adjacent to an activating group) is 1. The van der Waals surface area contributed by atoms with E-state index in [4.69, 9.17) is 11.6 Å². The lowest BCUT2D eigenvalue weighted by Gasteiger charge is -2.28. The van der Waals surface area contributed by atoms with Gasteiger partial charge >= 0.3 is 0 Å². The molecule has 0 fully saturated rings. The molecule has 0 amide bonds. The fourth-order valence-electron chi connectivity index (χ4n) is 1.82. The third kappa shape index (κ3) is 5.23. The van der Waals surface area contributed by atoms with Crippen molar-refractivity contribution in [3.8, 4) is 0 Å². The largest absolute Gasteiger partial charge is 0.370 e. The highest BCUT2D eigenvalue weighted by Gasteiger charge is 2.09. The van der Waals surface area contributed by atoms with E-state index in [-0.39, 0.29) is 0 Å². The predicted molar refractivity (Wildman–Crippen MR) is 79.4 cm³/mol. The van der Waals surface area contributed by atoms with Crippen LogP contribution >= 0.6 is 11.6 Å². The van der Waals surface area contributed by atoms with Gasteiger partial charge in [0.05, 0.1) is 11.6 Å². The zero-order chi connectivity index (χ0) is 13.5. The maximum Gasteiger partial charge on any atom is 0.0648 e. The van der Waals surface area contributed by atoms with Crippen molar-refractivity contribution in [1.29, 1.82) is 0 Å². The van der Waals surface area contributed by atoms with Crippen LogP contribution in [0.1, 0.15) is 19.5 Å². The van der Waals surface area contributed by atoms with Crippen LogP contribution in [-0.2, 0) is 5.88 Å². The Hall–Kier alpha value is -0.800. The van der Waals surface area contributed by atoms with E-state index >= 15 is 0 Å². The van der Waals surface area contributed by atoms with E-state index in [1.165, 1.54) is 5.69 Å². The van der Waals surface area contributed by atoms with E-state index in [1.54, 1.807) is 0 Å². The summed E-state index contributed by atoms with van der Waals surface area (Å²) >= 11 is 5.85. The molecule has 0 aliphatic carbocycles. The molecule has 1 rings (SSSR count). The van der Waals surface area contributed by atoms with Gasteiger partial charge in [0.2, 0.25) is 0 Å². The molecule has 3 nitrogen and oxygen atoms in total. The molecule has 4 heteroatoms. The molecule has 0 spiro atoms. The third-order valence-electron chi connectivity index (χ3n) is 2.70. The zero-order valence-electron chi connectivity index (χ0n) is 11.9. The molecule has 18 heavy (non-hydrogen) atoms. The summed E-state index contributed by atoms with van der Waals surface area (Å²) in [7, 11) is 4.20. The summed E-state index contributed by atoms with van der Waals surface area (Å²) in [5.74, 6) is 1.11. The Balaban J connectivity index is 2.79. The summed E-state index contributed by atoms with van der Waals surface area (Å²) < 4.78 is 0. The van der Waals surface area contributed by atoms with Crippen molar-refractivity contribution in [2.45, 2.75) is 19.7 Å². The number of hydrogen-bond donors (Lipinski definition) is 0. The highest BCUT2D eigenvalue weighted by molar-refractivity contribution is 6.16. The third-order valence-corrected chi connectivity index (χ3v) is 2.98. The molecule has 0 atom stereocenters. The van der Waals surface area contributed by atoms with Crippen LogP contribution in [0, 0.1) is 5.92 Å². The molecule has 0 radical (unpaired) electrons. The molecule has 102 valence electrons. The number of aromatic nitrogens is 1. The standard InChI is InChI=1S/C14H24ClN3/c1-12(2)11-18(8-7-17(3)4)14-5-6-16-13(9-14)10-15/h5-6,9,12H,7-8,10-11H2,1-4H3. The van der Waals surface area contributed by atoms with Gasteiger partial charge in [-0.2, -0.15) is 0 Å². The van der Waals surface area contributed by atoms with Crippen LogP contribution in [0.25, 0.3) is 0 Å². The Labute approximate surface area is 116 Å². The fraction of sp³-hybridized carbons (Fsp3) is 0.643. The van der Waals surface area contributed by atoms with Crippen LogP contribution in [0.4, 0.5) is 5.69 Å². The number of nitrogens with zero attached hydrogens (tertiary/aromatic N) is 3. The van der Waals surface area contributed by atoms with Gasteiger partial charge in [-0.15, -0.1) is 11.6 Å². The van der Waals surface area contributed by atoms with Gasteiger partial charge in [-0.25, -0.2) is 0 Å². The second-order valence-electron chi connectivity index (χ2n) is 5.28. The van der Waals surface area contributed by atoms with E-state index in [1.807, 2.05) is 6.20 Å². The van der Waals surface area contributed by atoms with Crippen LogP contribution in [0.5, 0.6) is 0 Å². The molecule has 0 saturated carbocycles. The molecule has 0 N–H and O–H groups in total. The van der Waals surface area contributed by atoms with Crippen molar-refractivity contribution in [2.24, 2.45) is 5.92 Å². The van der Waals surface area contributed by atoms with Crippen molar-refractivity contribution in [3.05, 3.63) is 24.0 Å². The van der Waals surface area contributed by atoms with Crippen LogP contribution in [-0.4, -0.2) is 43.6 Å². The van der Waals surface area contributed by atoms with Crippen molar-refractivity contribution in [3.63, 3.8) is 0 Å². The molecular formula is C14H24ClN3. The van der Waals surface area contributed by atoms with E-state index in [2.05, 4.69) is 54.9 Å². The summed E-state index contributed by atoms with van der Waals surface area (Å²) in [6.07, 6.45) is 1.84. The van der Waals surface area contributed by atoms with E-state index in [0.29, 0.717) is 11.8 Å². The lowest BCUT2D eigenvalue weighted by atomic mass is 10.2. The van der Waals surface area contributed by atoms with Gasteiger partial charge in [0.15, 0.2) is 0 Å². The minimum atomic E-state index is 0.469. The molecule has 0 aliphatic rings. The first kappa shape index (κ1) is 15.3. The normalized spacial score (nSPS) is 11.3. The molecule has 0 aliphatic heterocycles. The van der Waals surface area contributed by atoms with E-state index in [0.717, 1.165) is 25.3 Å². The lowest BCUT2D eigenvalue weighted by Crippen LogP contribution is -2.34. The molecule has 0 unspecified atom stereocenters. The van der Waals surface area contributed by atoms with E-state index in [9.17, 15) is 0 Å². The van der Waals surface area contributed by atoms with Crippen molar-refractivity contribution in [2.75, 3.05) is 38.6 Å². The molecule has 1 aromatic heterocycles. The van der Waals surface area contributed by atoms with Gasteiger partial charge in [0.25, 0.3) is 0 Å². The minimum absolute atomic E-state index is 0.469. The lowest BCUT2D eigenvalue weighted by molar-refractivity contribution is 0.409. The van der Waals surface area contributed by atoms with Crippen molar-refractivity contribution in [1.82, 2.24) is 9.88 Å². The van der Waals surface area contributed by atoms with Gasteiger partial charge in [-0.3, -0.25) is 4.98 Å². The number of halogens is 1. The summed E-state index contributed by atoms with van der Waals surface area (Å²) in [6, 6.07) is 4.15. The highest BCUT2D eigenvalue weighted by atomic mass is 35.5. The monoisotopic (exact) mass is 269 g/mol. The number of hydrogen-bond acceptors (Lipinski definition) is 3. The maximum absolute atomic E-state index is 5.85. The second kappa shape index (κ2) is 7.59. The molecule has 1 aromatic rings. The predicted octanol–water partition coefficient (Wildman–Crippen LogP) is 2.84. The Kier molecular flexibility index (Phi) is 6.44. The summed E-state index contributed by atoms with van der Waals surface area (Å²) in [5, 5.41) is 0. The molecule has 0 bridgehead atoms. The van der Waals surface area contributed by atoms with Crippen molar-refractivity contribution >= 4 is 17.3 Å². The average molecular weight is 270 g/mol. The van der Waals surface area contributed by atoms with Gasteiger partial charge < -0.3 is 9.80 Å². The highest BCUT2D eigenvalue weighted by Crippen LogP contribution is 2.17. The topological polar surface area (TPSA) is 19.4 Å². The van der Waals surface area contributed by atoms with Gasteiger partial charge in [-0.1, -0.05) is 13.8 Å². The molecule has 0 saturated heterocycles. The SMILES string of the molecule is CC(C)CN(CCN(C)C)c1ccnc(CCl)c1. The fourth-order valence-corrected chi connectivity index (χ4v) is 1.97. The summed E-state index contributed by atoms with van der Waals surface area (Å²) in [6.45, 7) is 7.61. The van der Waals surface area contributed by atoms with E-state index < -0.39 is 0 Å². The van der Waals surface area contributed by atoms with Gasteiger partial charge in [-0.05, 0) is 32.1 Å². The minimum Gasteiger partial charge on any atom is -0.370 e. The average Bonchev–Trinajstić information content (AvgIpc) is 2.34. The molecule has 1 heterocycles. The van der Waals surface area contributed by atoms with Crippen molar-refractivity contribution < 1.29 is 0 Å². The van der Waals surface area contributed by atoms with Gasteiger partial charge in [0, 0.05) is 31.5 Å². The second-order valence-corrected chi connectivity index (χ2v) is 5.55. The Bertz CT molecular complexity index is 353. The first-order valence-electron chi connectivity index (χ1n) is 6.43. The van der Waals surface area contributed by atoms with Crippen LogP contribution in [0.3, 0.4) is 0 Å². The smallest absolute Gasteiger partial charge is 0.0648 e. The first-order valence-corrected chi connectivity index (χ1v) is 6.97. The number of pyridine rings is 1. The Morgan fingerprint density at radius 3 is 2.56 bits per heavy atom.